The van der Waals surface area contributed by atoms with Gasteiger partial charge in [-0.1, -0.05) is 13.0 Å². The van der Waals surface area contributed by atoms with Gasteiger partial charge in [0.25, 0.3) is 0 Å². The third-order valence-electron chi connectivity index (χ3n) is 3.29. The minimum Gasteiger partial charge on any atom is -0.336 e. The van der Waals surface area contributed by atoms with Crippen molar-refractivity contribution in [1.82, 2.24) is 24.5 Å². The van der Waals surface area contributed by atoms with Gasteiger partial charge < -0.3 is 9.88 Å². The molecule has 19 heavy (non-hydrogen) atoms. The zero-order chi connectivity index (χ0) is 13.2. The number of nitrogens with zero attached hydrogens (tertiary/aromatic N) is 4. The third-order valence-corrected chi connectivity index (χ3v) is 3.29. The lowest BCUT2D eigenvalue weighted by Gasteiger charge is -2.16. The molecule has 0 amide bonds. The monoisotopic (exact) mass is 255 g/mol. The van der Waals surface area contributed by atoms with Gasteiger partial charge >= 0.3 is 0 Å². The van der Waals surface area contributed by atoms with Gasteiger partial charge in [-0.25, -0.2) is 9.50 Å². The molecule has 3 heterocycles. The number of hydrogen-bond acceptors (Lipinski definition) is 3. The summed E-state index contributed by atoms with van der Waals surface area (Å²) in [7, 11) is 2.01. The van der Waals surface area contributed by atoms with Crippen LogP contribution in [-0.4, -0.2) is 25.7 Å². The first-order chi connectivity index (χ1) is 9.31. The lowest BCUT2D eigenvalue weighted by Crippen LogP contribution is -2.24. The van der Waals surface area contributed by atoms with Crippen LogP contribution in [0.1, 0.15) is 24.4 Å². The van der Waals surface area contributed by atoms with Crippen molar-refractivity contribution in [2.45, 2.75) is 13.0 Å². The first-order valence-corrected chi connectivity index (χ1v) is 6.44. The van der Waals surface area contributed by atoms with E-state index < -0.39 is 0 Å². The van der Waals surface area contributed by atoms with Crippen LogP contribution >= 0.6 is 0 Å². The van der Waals surface area contributed by atoms with Gasteiger partial charge in [-0.3, -0.25) is 0 Å². The highest BCUT2D eigenvalue weighted by Crippen LogP contribution is 2.24. The zero-order valence-corrected chi connectivity index (χ0v) is 11.1. The molecule has 0 spiro atoms. The average Bonchev–Trinajstić information content (AvgIpc) is 3.03. The number of imidazole rings is 1. The van der Waals surface area contributed by atoms with E-state index in [0.29, 0.717) is 0 Å². The van der Waals surface area contributed by atoms with Gasteiger partial charge in [-0.15, -0.1) is 0 Å². The Kier molecular flexibility index (Phi) is 3.05. The van der Waals surface area contributed by atoms with E-state index in [2.05, 4.69) is 28.4 Å². The molecule has 3 aromatic rings. The molecule has 0 bridgehead atoms. The van der Waals surface area contributed by atoms with E-state index in [-0.39, 0.29) is 6.04 Å². The molecular formula is C14H17N5. The van der Waals surface area contributed by atoms with Gasteiger partial charge in [0.05, 0.1) is 17.8 Å². The van der Waals surface area contributed by atoms with Crippen molar-refractivity contribution in [2.24, 2.45) is 7.05 Å². The lowest BCUT2D eigenvalue weighted by atomic mass is 10.1. The summed E-state index contributed by atoms with van der Waals surface area (Å²) in [6, 6.07) is 6.15. The van der Waals surface area contributed by atoms with Gasteiger partial charge in [-0.2, -0.15) is 5.10 Å². The Hall–Kier alpha value is -2.14. The van der Waals surface area contributed by atoms with Crippen molar-refractivity contribution >= 4 is 5.52 Å². The van der Waals surface area contributed by atoms with E-state index >= 15 is 0 Å². The van der Waals surface area contributed by atoms with Gasteiger partial charge in [-0.05, 0) is 18.7 Å². The number of nitrogens with one attached hydrogen (secondary N) is 1. The fourth-order valence-electron chi connectivity index (χ4n) is 2.38. The standard InChI is InChI=1S/C14H17N5/c1-3-15-13(14-16-7-9-18(14)2)11-10-17-19-8-5-4-6-12(11)19/h4-10,13,15H,3H2,1-2H3. The largest absolute Gasteiger partial charge is 0.336 e. The van der Waals surface area contributed by atoms with E-state index in [4.69, 9.17) is 0 Å². The smallest absolute Gasteiger partial charge is 0.130 e. The van der Waals surface area contributed by atoms with Gasteiger partial charge in [0.1, 0.15) is 5.82 Å². The Labute approximate surface area is 111 Å². The Bertz CT molecular complexity index is 682. The van der Waals surface area contributed by atoms with Gasteiger partial charge in [0.15, 0.2) is 0 Å². The molecule has 1 unspecified atom stereocenters. The van der Waals surface area contributed by atoms with Crippen molar-refractivity contribution in [1.29, 1.82) is 0 Å². The van der Waals surface area contributed by atoms with Crippen LogP contribution in [0.2, 0.25) is 0 Å². The van der Waals surface area contributed by atoms with Crippen molar-refractivity contribution in [3.05, 3.63) is 54.4 Å². The molecular weight excluding hydrogens is 238 g/mol. The first kappa shape index (κ1) is 11.9. The predicted octanol–water partition coefficient (Wildman–Crippen LogP) is 1.77. The van der Waals surface area contributed by atoms with Crippen LogP contribution in [0.4, 0.5) is 0 Å². The summed E-state index contributed by atoms with van der Waals surface area (Å²) < 4.78 is 3.93. The molecule has 3 aromatic heterocycles. The molecule has 1 N–H and O–H groups in total. The summed E-state index contributed by atoms with van der Waals surface area (Å²) in [5.41, 5.74) is 2.26. The molecule has 0 fully saturated rings. The number of pyridine rings is 1. The fraction of sp³-hybridized carbons (Fsp3) is 0.286. The Morgan fingerprint density at radius 3 is 2.95 bits per heavy atom. The van der Waals surface area contributed by atoms with Crippen LogP contribution in [0, 0.1) is 0 Å². The highest BCUT2D eigenvalue weighted by atomic mass is 15.2. The second-order valence-corrected chi connectivity index (χ2v) is 4.52. The molecule has 0 aromatic carbocycles. The first-order valence-electron chi connectivity index (χ1n) is 6.44. The molecule has 0 aliphatic rings. The molecule has 98 valence electrons. The van der Waals surface area contributed by atoms with E-state index in [1.165, 1.54) is 0 Å². The maximum absolute atomic E-state index is 4.46. The normalized spacial score (nSPS) is 12.9. The highest BCUT2D eigenvalue weighted by molar-refractivity contribution is 5.56. The molecule has 0 saturated heterocycles. The topological polar surface area (TPSA) is 47.1 Å². The van der Waals surface area contributed by atoms with Crippen molar-refractivity contribution in [3.8, 4) is 0 Å². The molecule has 5 nitrogen and oxygen atoms in total. The summed E-state index contributed by atoms with van der Waals surface area (Å²) in [6.07, 6.45) is 7.66. The number of aryl methyl sites for hydroxylation is 1. The summed E-state index contributed by atoms with van der Waals surface area (Å²) in [4.78, 5) is 4.46. The summed E-state index contributed by atoms with van der Waals surface area (Å²) in [6.45, 7) is 2.98. The fourth-order valence-corrected chi connectivity index (χ4v) is 2.38. The van der Waals surface area contributed by atoms with Crippen LogP contribution in [0.15, 0.2) is 43.0 Å². The van der Waals surface area contributed by atoms with E-state index in [1.54, 1.807) is 0 Å². The van der Waals surface area contributed by atoms with Gasteiger partial charge in [0.2, 0.25) is 0 Å². The summed E-state index contributed by atoms with van der Waals surface area (Å²) in [5, 5.41) is 7.88. The van der Waals surface area contributed by atoms with Gasteiger partial charge in [0, 0.05) is 31.2 Å². The number of fused-ring (bicyclic) bond motifs is 1. The van der Waals surface area contributed by atoms with E-state index in [0.717, 1.165) is 23.4 Å². The predicted molar refractivity (Wildman–Crippen MR) is 73.9 cm³/mol. The van der Waals surface area contributed by atoms with Crippen LogP contribution < -0.4 is 5.32 Å². The maximum Gasteiger partial charge on any atom is 0.130 e. The SMILES string of the molecule is CCNC(c1cnn2ccccc12)c1nccn1C. The minimum atomic E-state index is 0.0601. The van der Waals surface area contributed by atoms with Crippen molar-refractivity contribution < 1.29 is 0 Å². The molecule has 1 atom stereocenters. The summed E-state index contributed by atoms with van der Waals surface area (Å²) >= 11 is 0. The molecule has 0 radical (unpaired) electrons. The van der Waals surface area contributed by atoms with Crippen LogP contribution in [0.25, 0.3) is 5.52 Å². The molecule has 0 aliphatic carbocycles. The highest BCUT2D eigenvalue weighted by Gasteiger charge is 2.20. The summed E-state index contributed by atoms with van der Waals surface area (Å²) in [5.74, 6) is 1.00. The van der Waals surface area contributed by atoms with Crippen LogP contribution in [-0.2, 0) is 7.05 Å². The third kappa shape index (κ3) is 2.02. The minimum absolute atomic E-state index is 0.0601. The zero-order valence-electron chi connectivity index (χ0n) is 11.1. The second-order valence-electron chi connectivity index (χ2n) is 4.52. The average molecular weight is 255 g/mol. The molecule has 0 aliphatic heterocycles. The Balaban J connectivity index is 2.12. The molecule has 5 heteroatoms. The van der Waals surface area contributed by atoms with Crippen LogP contribution in [0.5, 0.6) is 0 Å². The Morgan fingerprint density at radius 1 is 1.32 bits per heavy atom. The molecule has 0 saturated carbocycles. The van der Waals surface area contributed by atoms with Crippen LogP contribution in [0.3, 0.4) is 0 Å². The number of hydrogen-bond donors (Lipinski definition) is 1. The molecule has 3 rings (SSSR count). The quantitative estimate of drug-likeness (QED) is 0.773. The van der Waals surface area contributed by atoms with Crippen molar-refractivity contribution in [2.75, 3.05) is 6.54 Å². The maximum atomic E-state index is 4.46. The van der Waals surface area contributed by atoms with E-state index in [9.17, 15) is 0 Å². The number of rotatable bonds is 4. The number of aromatic nitrogens is 4. The van der Waals surface area contributed by atoms with E-state index in [1.807, 2.05) is 53.1 Å². The lowest BCUT2D eigenvalue weighted by molar-refractivity contribution is 0.580. The second kappa shape index (κ2) is 4.85. The Morgan fingerprint density at radius 2 is 2.21 bits per heavy atom. The van der Waals surface area contributed by atoms with Crippen molar-refractivity contribution in [3.63, 3.8) is 0 Å².